The number of fused-ring (bicyclic) bond motifs is 1. The molecule has 0 unspecified atom stereocenters. The highest BCUT2D eigenvalue weighted by molar-refractivity contribution is 7.10. The molecular weight excluding hydrogens is 362 g/mol. The van der Waals surface area contributed by atoms with Gasteiger partial charge in [0.15, 0.2) is 0 Å². The van der Waals surface area contributed by atoms with Crippen LogP contribution in [0.5, 0.6) is 5.75 Å². The summed E-state index contributed by atoms with van der Waals surface area (Å²) in [6.45, 7) is 3.92. The number of carbonyl (C=O) groups is 1. The minimum atomic E-state index is -0.335. The molecule has 0 bridgehead atoms. The highest BCUT2D eigenvalue weighted by Crippen LogP contribution is 2.39. The second-order valence-electron chi connectivity index (χ2n) is 6.22. The number of amides is 1. The molecule has 0 saturated heterocycles. The Bertz CT molecular complexity index is 1040. The van der Waals surface area contributed by atoms with E-state index in [1.165, 1.54) is 6.33 Å². The molecule has 0 radical (unpaired) electrons. The first-order valence-corrected chi connectivity index (χ1v) is 9.33. The number of aryl methyl sites for hydroxylation is 1. The van der Waals surface area contributed by atoms with Crippen LogP contribution in [0.25, 0.3) is 0 Å². The number of anilines is 2. The van der Waals surface area contributed by atoms with E-state index in [0.29, 0.717) is 23.0 Å². The van der Waals surface area contributed by atoms with Gasteiger partial charge >= 0.3 is 0 Å². The van der Waals surface area contributed by atoms with E-state index in [-0.39, 0.29) is 11.9 Å². The molecule has 1 atom stereocenters. The molecule has 27 heavy (non-hydrogen) atoms. The molecule has 0 spiro atoms. The van der Waals surface area contributed by atoms with Gasteiger partial charge in [0.1, 0.15) is 18.1 Å². The Morgan fingerprint density at radius 2 is 2.11 bits per heavy atom. The van der Waals surface area contributed by atoms with Crippen molar-refractivity contribution in [3.8, 4) is 5.75 Å². The summed E-state index contributed by atoms with van der Waals surface area (Å²) in [5.74, 6) is 1.03. The van der Waals surface area contributed by atoms with Gasteiger partial charge in [0.25, 0.3) is 5.91 Å². The molecule has 138 valence electrons. The number of benzene rings is 1. The molecular formula is C19H19N5O2S. The zero-order valence-corrected chi connectivity index (χ0v) is 16.0. The van der Waals surface area contributed by atoms with E-state index >= 15 is 0 Å². The molecule has 0 aliphatic carbocycles. The van der Waals surface area contributed by atoms with Crippen molar-refractivity contribution < 1.29 is 9.53 Å². The summed E-state index contributed by atoms with van der Waals surface area (Å²) >= 11 is 1.60. The molecule has 8 heteroatoms. The third kappa shape index (κ3) is 2.97. The number of aromatic nitrogens is 3. The molecule has 7 nitrogen and oxygen atoms in total. The van der Waals surface area contributed by atoms with Gasteiger partial charge in [-0.3, -0.25) is 4.79 Å². The van der Waals surface area contributed by atoms with Gasteiger partial charge in [0, 0.05) is 10.6 Å². The molecule has 1 aliphatic heterocycles. The molecule has 0 fully saturated rings. The van der Waals surface area contributed by atoms with Crippen LogP contribution in [-0.2, 0) is 4.79 Å². The van der Waals surface area contributed by atoms with E-state index in [1.54, 1.807) is 23.1 Å². The Balaban J connectivity index is 1.77. The van der Waals surface area contributed by atoms with Crippen LogP contribution < -0.4 is 15.4 Å². The van der Waals surface area contributed by atoms with E-state index in [1.807, 2.05) is 49.6 Å². The fraction of sp³-hybridized carbons (Fsp3) is 0.211. The van der Waals surface area contributed by atoms with Crippen LogP contribution in [-0.4, -0.2) is 27.8 Å². The van der Waals surface area contributed by atoms with Crippen LogP contribution >= 0.6 is 11.3 Å². The van der Waals surface area contributed by atoms with Gasteiger partial charge in [-0.15, -0.1) is 11.3 Å². The average Bonchev–Trinajstić information content (AvgIpc) is 3.29. The summed E-state index contributed by atoms with van der Waals surface area (Å²) in [7, 11) is 1.58. The van der Waals surface area contributed by atoms with Gasteiger partial charge in [-0.1, -0.05) is 12.1 Å². The molecule has 1 amide bonds. The van der Waals surface area contributed by atoms with Crippen molar-refractivity contribution >= 4 is 28.9 Å². The van der Waals surface area contributed by atoms with E-state index in [0.717, 1.165) is 16.1 Å². The summed E-state index contributed by atoms with van der Waals surface area (Å²) in [5.41, 5.74) is 3.09. The standard InChI is InChI=1S/C19H19N5O2S/c1-11-8-9-27-17(11)16-15(12(2)22-19-20-10-21-24(16)19)18(25)23-13-6-4-5-7-14(13)26-3/h4-10,16H,1-3H3,(H,23,25)(H,20,21,22)/t16-/m1/s1. The Kier molecular flexibility index (Phi) is 4.41. The molecule has 3 aromatic rings. The summed E-state index contributed by atoms with van der Waals surface area (Å²) in [6, 6.07) is 9.06. The van der Waals surface area contributed by atoms with E-state index in [4.69, 9.17) is 4.74 Å². The molecule has 2 aromatic heterocycles. The number of carbonyl (C=O) groups excluding carboxylic acids is 1. The fourth-order valence-corrected chi connectivity index (χ4v) is 4.25. The van der Waals surface area contributed by atoms with Gasteiger partial charge in [0.05, 0.1) is 18.4 Å². The molecule has 2 N–H and O–H groups in total. The lowest BCUT2D eigenvalue weighted by Gasteiger charge is -2.28. The van der Waals surface area contributed by atoms with Crippen molar-refractivity contribution in [3.05, 3.63) is 63.7 Å². The van der Waals surface area contributed by atoms with Crippen molar-refractivity contribution in [1.29, 1.82) is 0 Å². The zero-order valence-electron chi connectivity index (χ0n) is 15.2. The number of nitrogens with zero attached hydrogens (tertiary/aromatic N) is 3. The number of rotatable bonds is 4. The van der Waals surface area contributed by atoms with Crippen molar-refractivity contribution in [2.75, 3.05) is 17.7 Å². The highest BCUT2D eigenvalue weighted by Gasteiger charge is 2.35. The van der Waals surface area contributed by atoms with Crippen LogP contribution in [0.1, 0.15) is 23.4 Å². The van der Waals surface area contributed by atoms with Crippen LogP contribution in [0.15, 0.2) is 53.3 Å². The SMILES string of the molecule is COc1ccccc1NC(=O)C1=C(C)Nc2ncnn2[C@H]1c1sccc1C. The number of allylic oxidation sites excluding steroid dienone is 1. The summed E-state index contributed by atoms with van der Waals surface area (Å²) < 4.78 is 7.10. The second-order valence-corrected chi connectivity index (χ2v) is 7.16. The third-order valence-corrected chi connectivity index (χ3v) is 5.62. The molecule has 1 aliphatic rings. The van der Waals surface area contributed by atoms with Gasteiger partial charge in [-0.25, -0.2) is 4.68 Å². The molecule has 3 heterocycles. The van der Waals surface area contributed by atoms with Crippen LogP contribution in [0.2, 0.25) is 0 Å². The topological polar surface area (TPSA) is 81.1 Å². The monoisotopic (exact) mass is 381 g/mol. The van der Waals surface area contributed by atoms with Crippen molar-refractivity contribution in [1.82, 2.24) is 14.8 Å². The number of para-hydroxylation sites is 2. The normalized spacial score (nSPS) is 15.9. The Labute approximate surface area is 160 Å². The Hall–Kier alpha value is -3.13. The molecule has 0 saturated carbocycles. The number of thiophene rings is 1. The van der Waals surface area contributed by atoms with Gasteiger partial charge in [-0.2, -0.15) is 10.1 Å². The van der Waals surface area contributed by atoms with Crippen molar-refractivity contribution in [3.63, 3.8) is 0 Å². The lowest BCUT2D eigenvalue weighted by Crippen LogP contribution is -2.31. The minimum Gasteiger partial charge on any atom is -0.495 e. The van der Waals surface area contributed by atoms with Crippen LogP contribution in [0.4, 0.5) is 11.6 Å². The lowest BCUT2D eigenvalue weighted by atomic mass is 9.98. The summed E-state index contributed by atoms with van der Waals surface area (Å²) in [6.07, 6.45) is 1.49. The number of ether oxygens (including phenoxy) is 1. The zero-order chi connectivity index (χ0) is 19.0. The first-order chi connectivity index (χ1) is 13.1. The van der Waals surface area contributed by atoms with Gasteiger partial charge < -0.3 is 15.4 Å². The van der Waals surface area contributed by atoms with Crippen LogP contribution in [0, 0.1) is 6.92 Å². The van der Waals surface area contributed by atoms with Crippen LogP contribution in [0.3, 0.4) is 0 Å². The second kappa shape index (κ2) is 6.88. The van der Waals surface area contributed by atoms with E-state index in [9.17, 15) is 4.79 Å². The first kappa shape index (κ1) is 17.3. The average molecular weight is 381 g/mol. The quantitative estimate of drug-likeness (QED) is 0.722. The first-order valence-electron chi connectivity index (χ1n) is 8.45. The van der Waals surface area contributed by atoms with E-state index in [2.05, 4.69) is 20.7 Å². The smallest absolute Gasteiger partial charge is 0.256 e. The Morgan fingerprint density at radius 1 is 1.30 bits per heavy atom. The van der Waals surface area contributed by atoms with Crippen molar-refractivity contribution in [2.45, 2.75) is 19.9 Å². The lowest BCUT2D eigenvalue weighted by molar-refractivity contribution is -0.113. The fourth-order valence-electron chi connectivity index (χ4n) is 3.23. The van der Waals surface area contributed by atoms with Crippen molar-refractivity contribution in [2.24, 2.45) is 0 Å². The highest BCUT2D eigenvalue weighted by atomic mass is 32.1. The largest absolute Gasteiger partial charge is 0.495 e. The Morgan fingerprint density at radius 3 is 2.85 bits per heavy atom. The number of hydrogen-bond acceptors (Lipinski definition) is 6. The maximum absolute atomic E-state index is 13.3. The maximum Gasteiger partial charge on any atom is 0.256 e. The molecule has 4 rings (SSSR count). The minimum absolute atomic E-state index is 0.205. The third-order valence-electron chi connectivity index (χ3n) is 4.54. The number of methoxy groups -OCH3 is 1. The maximum atomic E-state index is 13.3. The van der Waals surface area contributed by atoms with Gasteiger partial charge in [-0.05, 0) is 43.0 Å². The predicted molar refractivity (Wildman–Crippen MR) is 105 cm³/mol. The molecule has 1 aromatic carbocycles. The van der Waals surface area contributed by atoms with E-state index < -0.39 is 0 Å². The summed E-state index contributed by atoms with van der Waals surface area (Å²) in [5, 5.41) is 12.5. The number of hydrogen-bond donors (Lipinski definition) is 2. The van der Waals surface area contributed by atoms with Gasteiger partial charge in [0.2, 0.25) is 5.95 Å². The number of nitrogens with one attached hydrogen (secondary N) is 2. The summed E-state index contributed by atoms with van der Waals surface area (Å²) in [4.78, 5) is 18.6. The predicted octanol–water partition coefficient (Wildman–Crippen LogP) is 3.58.